The molecule has 0 saturated carbocycles. The maximum Gasteiger partial charge on any atom is 0.220 e. The van der Waals surface area contributed by atoms with Crippen molar-refractivity contribution in [3.63, 3.8) is 0 Å². The van der Waals surface area contributed by atoms with E-state index >= 15 is 0 Å². The van der Waals surface area contributed by atoms with Crippen LogP contribution >= 0.6 is 0 Å². The Hall–Kier alpha value is -1.16. The standard InChI is InChI=1S/C9H16N4/c1-7-6-8(4-2-3-5-10)13-9(11)12-7/h6H,2-5,10H2,1H3,(H2,11,12,13). The minimum absolute atomic E-state index is 0.364. The Morgan fingerprint density at radius 3 is 2.69 bits per heavy atom. The Balaban J connectivity index is 2.56. The molecule has 1 aromatic rings. The zero-order valence-electron chi connectivity index (χ0n) is 7.95. The first-order valence-corrected chi connectivity index (χ1v) is 4.52. The first-order valence-electron chi connectivity index (χ1n) is 4.52. The monoisotopic (exact) mass is 180 g/mol. The highest BCUT2D eigenvalue weighted by Gasteiger charge is 1.98. The fourth-order valence-electron chi connectivity index (χ4n) is 1.24. The van der Waals surface area contributed by atoms with Crippen LogP contribution in [0.1, 0.15) is 24.2 Å². The van der Waals surface area contributed by atoms with E-state index in [1.807, 2.05) is 13.0 Å². The minimum atomic E-state index is 0.364. The van der Waals surface area contributed by atoms with Gasteiger partial charge in [0.25, 0.3) is 0 Å². The third-order valence-electron chi connectivity index (χ3n) is 1.81. The lowest BCUT2D eigenvalue weighted by Gasteiger charge is -2.02. The highest BCUT2D eigenvalue weighted by Crippen LogP contribution is 2.05. The molecule has 0 bridgehead atoms. The van der Waals surface area contributed by atoms with Crippen molar-refractivity contribution in [2.45, 2.75) is 26.2 Å². The largest absolute Gasteiger partial charge is 0.368 e. The van der Waals surface area contributed by atoms with Gasteiger partial charge in [0, 0.05) is 11.4 Å². The van der Waals surface area contributed by atoms with Crippen LogP contribution < -0.4 is 11.5 Å². The predicted molar refractivity (Wildman–Crippen MR) is 53.2 cm³/mol. The number of aromatic nitrogens is 2. The van der Waals surface area contributed by atoms with Gasteiger partial charge in [-0.25, -0.2) is 9.97 Å². The van der Waals surface area contributed by atoms with Gasteiger partial charge in [0.2, 0.25) is 5.95 Å². The second kappa shape index (κ2) is 4.77. The van der Waals surface area contributed by atoms with Gasteiger partial charge < -0.3 is 11.5 Å². The van der Waals surface area contributed by atoms with Crippen molar-refractivity contribution in [1.29, 1.82) is 0 Å². The number of hydrogen-bond donors (Lipinski definition) is 2. The first-order chi connectivity index (χ1) is 6.22. The fourth-order valence-corrected chi connectivity index (χ4v) is 1.24. The number of rotatable bonds is 4. The van der Waals surface area contributed by atoms with E-state index < -0.39 is 0 Å². The van der Waals surface area contributed by atoms with Crippen molar-refractivity contribution in [2.75, 3.05) is 12.3 Å². The maximum absolute atomic E-state index is 5.52. The molecule has 4 nitrogen and oxygen atoms in total. The topological polar surface area (TPSA) is 77.8 Å². The van der Waals surface area contributed by atoms with Gasteiger partial charge in [0.15, 0.2) is 0 Å². The quantitative estimate of drug-likeness (QED) is 0.667. The van der Waals surface area contributed by atoms with E-state index in [1.165, 1.54) is 0 Å². The summed E-state index contributed by atoms with van der Waals surface area (Å²) >= 11 is 0. The van der Waals surface area contributed by atoms with Crippen LogP contribution in [0.3, 0.4) is 0 Å². The van der Waals surface area contributed by atoms with Crippen LogP contribution in [0, 0.1) is 6.92 Å². The molecule has 0 unspecified atom stereocenters. The fraction of sp³-hybridized carbons (Fsp3) is 0.556. The summed E-state index contributed by atoms with van der Waals surface area (Å²) in [5.74, 6) is 0.364. The molecule has 1 rings (SSSR count). The van der Waals surface area contributed by atoms with Gasteiger partial charge in [-0.05, 0) is 38.8 Å². The molecule has 0 aliphatic rings. The van der Waals surface area contributed by atoms with E-state index in [2.05, 4.69) is 9.97 Å². The van der Waals surface area contributed by atoms with Gasteiger partial charge in [0.05, 0.1) is 0 Å². The first kappa shape index (κ1) is 9.92. The lowest BCUT2D eigenvalue weighted by molar-refractivity contribution is 0.730. The lowest BCUT2D eigenvalue weighted by Crippen LogP contribution is -2.03. The molecule has 0 saturated heterocycles. The summed E-state index contributed by atoms with van der Waals surface area (Å²) in [6.07, 6.45) is 3.03. The summed E-state index contributed by atoms with van der Waals surface area (Å²) in [5, 5.41) is 0. The Morgan fingerprint density at radius 1 is 1.31 bits per heavy atom. The van der Waals surface area contributed by atoms with Crippen LogP contribution in [0.4, 0.5) is 5.95 Å². The molecule has 0 spiro atoms. The van der Waals surface area contributed by atoms with Gasteiger partial charge in [-0.1, -0.05) is 0 Å². The molecule has 4 heteroatoms. The molecule has 0 fully saturated rings. The molecule has 4 N–H and O–H groups in total. The van der Waals surface area contributed by atoms with Gasteiger partial charge in [-0.15, -0.1) is 0 Å². The summed E-state index contributed by atoms with van der Waals surface area (Å²) in [7, 11) is 0. The highest BCUT2D eigenvalue weighted by molar-refractivity contribution is 5.21. The molecule has 1 aromatic heterocycles. The van der Waals surface area contributed by atoms with Crippen molar-refractivity contribution < 1.29 is 0 Å². The summed E-state index contributed by atoms with van der Waals surface area (Å²) in [6, 6.07) is 1.97. The summed E-state index contributed by atoms with van der Waals surface area (Å²) in [5.41, 5.74) is 12.9. The van der Waals surface area contributed by atoms with Crippen LogP contribution in [0.5, 0.6) is 0 Å². The number of nitrogens with zero attached hydrogens (tertiary/aromatic N) is 2. The van der Waals surface area contributed by atoms with Crippen molar-refractivity contribution >= 4 is 5.95 Å². The van der Waals surface area contributed by atoms with Crippen molar-refractivity contribution in [1.82, 2.24) is 9.97 Å². The third-order valence-corrected chi connectivity index (χ3v) is 1.81. The van der Waals surface area contributed by atoms with Crippen molar-refractivity contribution in [3.05, 3.63) is 17.5 Å². The molecule has 0 aromatic carbocycles. The number of anilines is 1. The highest BCUT2D eigenvalue weighted by atomic mass is 15.0. The third kappa shape index (κ3) is 3.38. The molecule has 0 aliphatic carbocycles. The van der Waals surface area contributed by atoms with E-state index in [9.17, 15) is 0 Å². The van der Waals surface area contributed by atoms with Crippen molar-refractivity contribution in [2.24, 2.45) is 5.73 Å². The summed E-state index contributed by atoms with van der Waals surface area (Å²) < 4.78 is 0. The second-order valence-corrected chi connectivity index (χ2v) is 3.10. The zero-order chi connectivity index (χ0) is 9.68. The number of hydrogen-bond acceptors (Lipinski definition) is 4. The summed E-state index contributed by atoms with van der Waals surface area (Å²) in [4.78, 5) is 8.14. The summed E-state index contributed by atoms with van der Waals surface area (Å²) in [6.45, 7) is 2.66. The van der Waals surface area contributed by atoms with Crippen LogP contribution in [-0.2, 0) is 6.42 Å². The Kier molecular flexibility index (Phi) is 3.64. The normalized spacial score (nSPS) is 10.3. The number of unbranched alkanes of at least 4 members (excludes halogenated alkanes) is 1. The zero-order valence-corrected chi connectivity index (χ0v) is 7.95. The molecule has 0 aliphatic heterocycles. The van der Waals surface area contributed by atoms with E-state index in [1.54, 1.807) is 0 Å². The van der Waals surface area contributed by atoms with E-state index in [-0.39, 0.29) is 0 Å². The molecule has 0 amide bonds. The van der Waals surface area contributed by atoms with Gasteiger partial charge in [0.1, 0.15) is 0 Å². The average molecular weight is 180 g/mol. The number of nitrogen functional groups attached to an aromatic ring is 1. The van der Waals surface area contributed by atoms with Crippen LogP contribution in [0.25, 0.3) is 0 Å². The smallest absolute Gasteiger partial charge is 0.220 e. The van der Waals surface area contributed by atoms with Crippen molar-refractivity contribution in [3.8, 4) is 0 Å². The van der Waals surface area contributed by atoms with Crippen LogP contribution in [-0.4, -0.2) is 16.5 Å². The molecular formula is C9H16N4. The van der Waals surface area contributed by atoms with Gasteiger partial charge in [-0.3, -0.25) is 0 Å². The van der Waals surface area contributed by atoms with E-state index in [0.717, 1.165) is 37.2 Å². The SMILES string of the molecule is Cc1cc(CCCCN)nc(N)n1. The molecule has 1 heterocycles. The van der Waals surface area contributed by atoms with Gasteiger partial charge in [-0.2, -0.15) is 0 Å². The van der Waals surface area contributed by atoms with Crippen LogP contribution in [0.2, 0.25) is 0 Å². The number of aryl methyl sites for hydroxylation is 2. The van der Waals surface area contributed by atoms with E-state index in [4.69, 9.17) is 11.5 Å². The van der Waals surface area contributed by atoms with Gasteiger partial charge >= 0.3 is 0 Å². The molecular weight excluding hydrogens is 164 g/mol. The Labute approximate surface area is 78.4 Å². The second-order valence-electron chi connectivity index (χ2n) is 3.10. The average Bonchev–Trinajstić information content (AvgIpc) is 2.03. The Morgan fingerprint density at radius 2 is 2.08 bits per heavy atom. The maximum atomic E-state index is 5.52. The Bertz CT molecular complexity index is 252. The minimum Gasteiger partial charge on any atom is -0.368 e. The molecule has 72 valence electrons. The molecule has 0 atom stereocenters. The molecule has 13 heavy (non-hydrogen) atoms. The number of nitrogens with two attached hydrogens (primary N) is 2. The lowest BCUT2D eigenvalue weighted by atomic mass is 10.2. The van der Waals surface area contributed by atoms with E-state index in [0.29, 0.717) is 5.95 Å². The van der Waals surface area contributed by atoms with Crippen LogP contribution in [0.15, 0.2) is 6.07 Å². The predicted octanol–water partition coefficient (Wildman–Crippen LogP) is 0.649. The molecule has 0 radical (unpaired) electrons.